The maximum Gasteiger partial charge on any atom is 0.337 e. The van der Waals surface area contributed by atoms with Gasteiger partial charge >= 0.3 is 5.97 Å². The molecule has 0 N–H and O–H groups in total. The van der Waals surface area contributed by atoms with Crippen LogP contribution in [0.2, 0.25) is 0 Å². The molecule has 0 unspecified atom stereocenters. The normalized spacial score (nSPS) is 15.3. The molecule has 0 aromatic heterocycles. The minimum atomic E-state index is -0.410. The van der Waals surface area contributed by atoms with Gasteiger partial charge in [0, 0.05) is 0 Å². The van der Waals surface area contributed by atoms with Crippen LogP contribution in [0.15, 0.2) is 18.2 Å². The molecule has 0 atom stereocenters. The van der Waals surface area contributed by atoms with Gasteiger partial charge in [-0.3, -0.25) is 0 Å². The lowest BCUT2D eigenvalue weighted by Gasteiger charge is -2.03. The van der Waals surface area contributed by atoms with E-state index in [1.807, 2.05) is 0 Å². The van der Waals surface area contributed by atoms with Gasteiger partial charge in [-0.25, -0.2) is 9.18 Å². The molecular formula is C11H11FO2. The van der Waals surface area contributed by atoms with Crippen LogP contribution in [-0.4, -0.2) is 13.1 Å². The van der Waals surface area contributed by atoms with Crippen molar-refractivity contribution in [2.45, 2.75) is 18.8 Å². The van der Waals surface area contributed by atoms with Crippen molar-refractivity contribution in [3.8, 4) is 0 Å². The second-order valence-electron chi connectivity index (χ2n) is 3.50. The summed E-state index contributed by atoms with van der Waals surface area (Å²) in [6.07, 6.45) is 2.03. The Kier molecular flexibility index (Phi) is 2.23. The molecular weight excluding hydrogens is 183 g/mol. The standard InChI is InChI=1S/C11H11FO2/c1-14-11(13)8-4-5-10(12)9(6-8)7-2-3-7/h4-7H,2-3H2,1H3. The Hall–Kier alpha value is -1.38. The van der Waals surface area contributed by atoms with Gasteiger partial charge in [0.15, 0.2) is 0 Å². The Morgan fingerprint density at radius 2 is 2.21 bits per heavy atom. The predicted molar refractivity (Wildman–Crippen MR) is 49.7 cm³/mol. The molecule has 1 aromatic rings. The molecule has 2 nitrogen and oxygen atoms in total. The lowest BCUT2D eigenvalue weighted by Crippen LogP contribution is -2.02. The highest BCUT2D eigenvalue weighted by Crippen LogP contribution is 2.41. The fourth-order valence-electron chi connectivity index (χ4n) is 1.50. The van der Waals surface area contributed by atoms with Crippen LogP contribution in [0.5, 0.6) is 0 Å². The van der Waals surface area contributed by atoms with E-state index in [9.17, 15) is 9.18 Å². The van der Waals surface area contributed by atoms with Gasteiger partial charge in [-0.05, 0) is 42.5 Å². The molecule has 74 valence electrons. The number of methoxy groups -OCH3 is 1. The van der Waals surface area contributed by atoms with E-state index in [0.29, 0.717) is 17.0 Å². The molecule has 1 aliphatic rings. The molecule has 1 fully saturated rings. The Morgan fingerprint density at radius 3 is 2.79 bits per heavy atom. The molecule has 3 heteroatoms. The topological polar surface area (TPSA) is 26.3 Å². The highest BCUT2D eigenvalue weighted by Gasteiger charge is 2.27. The van der Waals surface area contributed by atoms with Crippen LogP contribution in [0, 0.1) is 5.82 Å². The van der Waals surface area contributed by atoms with E-state index >= 15 is 0 Å². The van der Waals surface area contributed by atoms with Gasteiger partial charge in [0.1, 0.15) is 5.82 Å². The molecule has 0 radical (unpaired) electrons. The number of benzene rings is 1. The van der Waals surface area contributed by atoms with Crippen LogP contribution >= 0.6 is 0 Å². The second kappa shape index (κ2) is 3.40. The molecule has 1 saturated carbocycles. The van der Waals surface area contributed by atoms with E-state index < -0.39 is 5.97 Å². The Labute approximate surface area is 81.7 Å². The lowest BCUT2D eigenvalue weighted by molar-refractivity contribution is 0.0600. The maximum absolute atomic E-state index is 13.3. The number of ether oxygens (including phenoxy) is 1. The monoisotopic (exact) mass is 194 g/mol. The summed E-state index contributed by atoms with van der Waals surface area (Å²) in [5.41, 5.74) is 1.07. The third-order valence-corrected chi connectivity index (χ3v) is 2.43. The van der Waals surface area contributed by atoms with Crippen LogP contribution in [0.25, 0.3) is 0 Å². The highest BCUT2D eigenvalue weighted by molar-refractivity contribution is 5.89. The van der Waals surface area contributed by atoms with Gasteiger partial charge in [-0.15, -0.1) is 0 Å². The maximum atomic E-state index is 13.3. The van der Waals surface area contributed by atoms with Gasteiger partial charge in [0.05, 0.1) is 12.7 Å². The van der Waals surface area contributed by atoms with Gasteiger partial charge in [0.25, 0.3) is 0 Å². The number of hydrogen-bond donors (Lipinski definition) is 0. The molecule has 0 heterocycles. The van der Waals surface area contributed by atoms with Gasteiger partial charge < -0.3 is 4.74 Å². The van der Waals surface area contributed by atoms with Crippen LogP contribution in [-0.2, 0) is 4.74 Å². The SMILES string of the molecule is COC(=O)c1ccc(F)c(C2CC2)c1. The van der Waals surface area contributed by atoms with Crippen molar-refractivity contribution in [1.82, 2.24) is 0 Å². The molecule has 1 aliphatic carbocycles. The highest BCUT2D eigenvalue weighted by atomic mass is 19.1. The summed E-state index contributed by atoms with van der Waals surface area (Å²) < 4.78 is 17.8. The second-order valence-corrected chi connectivity index (χ2v) is 3.50. The molecule has 0 bridgehead atoms. The summed E-state index contributed by atoms with van der Waals surface area (Å²) in [6, 6.07) is 4.38. The average Bonchev–Trinajstić information content (AvgIpc) is 3.01. The van der Waals surface area contributed by atoms with Crippen LogP contribution in [0.3, 0.4) is 0 Å². The summed E-state index contributed by atoms with van der Waals surface area (Å²) in [7, 11) is 1.32. The van der Waals surface area contributed by atoms with Crippen molar-refractivity contribution < 1.29 is 13.9 Å². The van der Waals surface area contributed by atoms with Crippen molar-refractivity contribution in [2.24, 2.45) is 0 Å². The fraction of sp³-hybridized carbons (Fsp3) is 0.364. The molecule has 0 aliphatic heterocycles. The first kappa shape index (κ1) is 9.19. The lowest BCUT2D eigenvalue weighted by atomic mass is 10.1. The third-order valence-electron chi connectivity index (χ3n) is 2.43. The Bertz CT molecular complexity index is 370. The van der Waals surface area contributed by atoms with Crippen molar-refractivity contribution in [2.75, 3.05) is 7.11 Å². The van der Waals surface area contributed by atoms with E-state index in [1.165, 1.54) is 19.2 Å². The Balaban J connectivity index is 2.35. The largest absolute Gasteiger partial charge is 0.465 e. The van der Waals surface area contributed by atoms with Crippen LogP contribution in [0.1, 0.15) is 34.7 Å². The first-order valence-corrected chi connectivity index (χ1v) is 4.60. The summed E-state index contributed by atoms with van der Waals surface area (Å²) in [5.74, 6) is -0.327. The number of halogens is 1. The zero-order chi connectivity index (χ0) is 10.1. The van der Waals surface area contributed by atoms with Gasteiger partial charge in [0.2, 0.25) is 0 Å². The minimum Gasteiger partial charge on any atom is -0.465 e. The van der Waals surface area contributed by atoms with E-state index in [-0.39, 0.29) is 5.82 Å². The number of carbonyl (C=O) groups is 1. The van der Waals surface area contributed by atoms with Gasteiger partial charge in [-0.1, -0.05) is 0 Å². The summed E-state index contributed by atoms with van der Waals surface area (Å²) in [6.45, 7) is 0. The molecule has 0 amide bonds. The third kappa shape index (κ3) is 1.62. The summed E-state index contributed by atoms with van der Waals surface area (Å²) in [4.78, 5) is 11.2. The van der Waals surface area contributed by atoms with Crippen molar-refractivity contribution in [3.63, 3.8) is 0 Å². The summed E-state index contributed by atoms with van der Waals surface area (Å²) in [5, 5.41) is 0. The van der Waals surface area contributed by atoms with Crippen molar-refractivity contribution in [3.05, 3.63) is 35.1 Å². The zero-order valence-corrected chi connectivity index (χ0v) is 7.92. The van der Waals surface area contributed by atoms with Crippen molar-refractivity contribution >= 4 is 5.97 Å². The van der Waals surface area contributed by atoms with Crippen molar-refractivity contribution in [1.29, 1.82) is 0 Å². The summed E-state index contributed by atoms with van der Waals surface area (Å²) >= 11 is 0. The van der Waals surface area contributed by atoms with E-state index in [2.05, 4.69) is 4.74 Å². The molecule has 2 rings (SSSR count). The quantitative estimate of drug-likeness (QED) is 0.676. The first-order chi connectivity index (χ1) is 6.72. The van der Waals surface area contributed by atoms with Gasteiger partial charge in [-0.2, -0.15) is 0 Å². The van der Waals surface area contributed by atoms with E-state index in [4.69, 9.17) is 0 Å². The minimum absolute atomic E-state index is 0.222. The molecule has 14 heavy (non-hydrogen) atoms. The van der Waals surface area contributed by atoms with E-state index in [1.54, 1.807) is 6.07 Å². The average molecular weight is 194 g/mol. The fourth-order valence-corrected chi connectivity index (χ4v) is 1.50. The van der Waals surface area contributed by atoms with Crippen LogP contribution in [0.4, 0.5) is 4.39 Å². The molecule has 0 saturated heterocycles. The zero-order valence-electron chi connectivity index (χ0n) is 7.92. The number of rotatable bonds is 2. The van der Waals surface area contributed by atoms with E-state index in [0.717, 1.165) is 12.8 Å². The predicted octanol–water partition coefficient (Wildman–Crippen LogP) is 2.49. The first-order valence-electron chi connectivity index (χ1n) is 4.60. The van der Waals surface area contributed by atoms with Crippen LogP contribution < -0.4 is 0 Å². The number of hydrogen-bond acceptors (Lipinski definition) is 2. The Morgan fingerprint density at radius 1 is 1.50 bits per heavy atom. The number of carbonyl (C=O) groups excluding carboxylic acids is 1. The number of esters is 1. The smallest absolute Gasteiger partial charge is 0.337 e. The molecule has 0 spiro atoms. The molecule has 1 aromatic carbocycles.